The molecule has 0 radical (unpaired) electrons. The lowest BCUT2D eigenvalue weighted by Crippen LogP contribution is -2.08. The second-order valence-corrected chi connectivity index (χ2v) is 6.55. The first-order valence-corrected chi connectivity index (χ1v) is 8.11. The molecule has 2 rings (SSSR count). The van der Waals surface area contributed by atoms with E-state index >= 15 is 0 Å². The summed E-state index contributed by atoms with van der Waals surface area (Å²) in [5.41, 5.74) is 2.20. The molecule has 2 aromatic carbocycles. The Hall–Kier alpha value is -1.19. The van der Waals surface area contributed by atoms with E-state index in [0.717, 1.165) is 10.2 Å². The van der Waals surface area contributed by atoms with Gasteiger partial charge in [-0.25, -0.2) is 0 Å². The second-order valence-electron chi connectivity index (χ2n) is 5.23. The molecule has 21 heavy (non-hydrogen) atoms. The SMILES string of the molecule is CC(C)Oc1ccc(NC(C)c2ccc(Br)cc2)cc1Cl. The normalized spacial score (nSPS) is 12.3. The maximum atomic E-state index is 6.25. The summed E-state index contributed by atoms with van der Waals surface area (Å²) in [6.07, 6.45) is 0.114. The summed E-state index contributed by atoms with van der Waals surface area (Å²) in [5, 5.41) is 4.07. The zero-order chi connectivity index (χ0) is 15.4. The van der Waals surface area contributed by atoms with Gasteiger partial charge in [-0.3, -0.25) is 0 Å². The summed E-state index contributed by atoms with van der Waals surface area (Å²) in [4.78, 5) is 0. The number of hydrogen-bond donors (Lipinski definition) is 1. The fourth-order valence-corrected chi connectivity index (χ4v) is 2.51. The van der Waals surface area contributed by atoms with Crippen molar-refractivity contribution in [3.8, 4) is 5.75 Å². The van der Waals surface area contributed by atoms with Crippen LogP contribution in [0.25, 0.3) is 0 Å². The molecule has 0 aliphatic heterocycles. The van der Waals surface area contributed by atoms with Crippen LogP contribution < -0.4 is 10.1 Å². The molecule has 0 saturated carbocycles. The third-order valence-corrected chi connectivity index (χ3v) is 3.87. The van der Waals surface area contributed by atoms with Crippen molar-refractivity contribution in [2.24, 2.45) is 0 Å². The standard InChI is InChI=1S/C17H19BrClNO/c1-11(2)21-17-9-8-15(10-16(17)19)20-12(3)13-4-6-14(18)7-5-13/h4-12,20H,1-3H3. The number of halogens is 2. The highest BCUT2D eigenvalue weighted by molar-refractivity contribution is 9.10. The Morgan fingerprint density at radius 3 is 2.29 bits per heavy atom. The van der Waals surface area contributed by atoms with Gasteiger partial charge in [0.25, 0.3) is 0 Å². The molecule has 0 spiro atoms. The van der Waals surface area contributed by atoms with Gasteiger partial charge in [-0.05, 0) is 56.7 Å². The minimum Gasteiger partial charge on any atom is -0.489 e. The van der Waals surface area contributed by atoms with Crippen LogP contribution in [0.4, 0.5) is 5.69 Å². The molecule has 0 aliphatic rings. The molecule has 0 aliphatic carbocycles. The van der Waals surface area contributed by atoms with Crippen molar-refractivity contribution in [2.45, 2.75) is 32.9 Å². The summed E-state index contributed by atoms with van der Waals surface area (Å²) >= 11 is 9.70. The van der Waals surface area contributed by atoms with E-state index in [0.29, 0.717) is 10.8 Å². The zero-order valence-corrected chi connectivity index (χ0v) is 14.7. The average molecular weight is 369 g/mol. The summed E-state index contributed by atoms with van der Waals surface area (Å²) in [6, 6.07) is 14.3. The number of anilines is 1. The van der Waals surface area contributed by atoms with E-state index in [4.69, 9.17) is 16.3 Å². The van der Waals surface area contributed by atoms with Crippen LogP contribution in [-0.4, -0.2) is 6.10 Å². The van der Waals surface area contributed by atoms with E-state index in [1.165, 1.54) is 5.56 Å². The second kappa shape index (κ2) is 7.19. The molecule has 0 heterocycles. The van der Waals surface area contributed by atoms with Crippen LogP contribution in [-0.2, 0) is 0 Å². The quantitative estimate of drug-likeness (QED) is 0.692. The van der Waals surface area contributed by atoms with Crippen LogP contribution in [0.3, 0.4) is 0 Å². The van der Waals surface area contributed by atoms with Gasteiger partial charge in [0.1, 0.15) is 5.75 Å². The van der Waals surface area contributed by atoms with Crippen LogP contribution in [0.5, 0.6) is 5.75 Å². The van der Waals surface area contributed by atoms with Crippen molar-refractivity contribution in [1.82, 2.24) is 0 Å². The van der Waals surface area contributed by atoms with Crippen molar-refractivity contribution in [1.29, 1.82) is 0 Å². The van der Waals surface area contributed by atoms with Crippen molar-refractivity contribution < 1.29 is 4.74 Å². The van der Waals surface area contributed by atoms with Gasteiger partial charge in [-0.1, -0.05) is 39.7 Å². The highest BCUT2D eigenvalue weighted by atomic mass is 79.9. The van der Waals surface area contributed by atoms with Crippen LogP contribution >= 0.6 is 27.5 Å². The van der Waals surface area contributed by atoms with Gasteiger partial charge in [0.2, 0.25) is 0 Å². The van der Waals surface area contributed by atoms with E-state index in [-0.39, 0.29) is 12.1 Å². The van der Waals surface area contributed by atoms with Crippen LogP contribution in [0, 0.1) is 0 Å². The Morgan fingerprint density at radius 2 is 1.71 bits per heavy atom. The van der Waals surface area contributed by atoms with E-state index < -0.39 is 0 Å². The lowest BCUT2D eigenvalue weighted by atomic mass is 10.1. The highest BCUT2D eigenvalue weighted by Gasteiger charge is 2.08. The van der Waals surface area contributed by atoms with Crippen LogP contribution in [0.15, 0.2) is 46.9 Å². The molecule has 0 saturated heterocycles. The summed E-state index contributed by atoms with van der Waals surface area (Å²) in [7, 11) is 0. The lowest BCUT2D eigenvalue weighted by molar-refractivity contribution is 0.242. The molecular formula is C17H19BrClNO. The molecule has 2 aromatic rings. The van der Waals surface area contributed by atoms with Gasteiger partial charge < -0.3 is 10.1 Å². The minimum absolute atomic E-state index is 0.114. The predicted molar refractivity (Wildman–Crippen MR) is 93.4 cm³/mol. The van der Waals surface area contributed by atoms with Crippen molar-refractivity contribution in [2.75, 3.05) is 5.32 Å². The Balaban J connectivity index is 2.09. The maximum Gasteiger partial charge on any atom is 0.138 e. The Kier molecular flexibility index (Phi) is 5.54. The topological polar surface area (TPSA) is 21.3 Å². The first kappa shape index (κ1) is 16.2. The summed E-state index contributed by atoms with van der Waals surface area (Å²) in [5.74, 6) is 0.716. The predicted octanol–water partition coefficient (Wildman–Crippen LogP) is 6.06. The number of rotatable bonds is 5. The Morgan fingerprint density at radius 1 is 1.05 bits per heavy atom. The molecule has 112 valence electrons. The number of ether oxygens (including phenoxy) is 1. The third-order valence-electron chi connectivity index (χ3n) is 3.05. The van der Waals surface area contributed by atoms with Gasteiger partial charge in [0, 0.05) is 16.2 Å². The molecule has 0 amide bonds. The molecule has 4 heteroatoms. The van der Waals surface area contributed by atoms with Crippen molar-refractivity contribution in [3.63, 3.8) is 0 Å². The minimum atomic E-state index is 0.114. The zero-order valence-electron chi connectivity index (χ0n) is 12.4. The first-order chi connectivity index (χ1) is 9.95. The molecule has 2 nitrogen and oxygen atoms in total. The number of nitrogens with one attached hydrogen (secondary N) is 1. The largest absolute Gasteiger partial charge is 0.489 e. The Bertz CT molecular complexity index is 598. The van der Waals surface area contributed by atoms with E-state index in [9.17, 15) is 0 Å². The average Bonchev–Trinajstić information content (AvgIpc) is 2.42. The molecule has 1 atom stereocenters. The molecule has 1 unspecified atom stereocenters. The van der Waals surface area contributed by atoms with Crippen LogP contribution in [0.2, 0.25) is 5.02 Å². The lowest BCUT2D eigenvalue weighted by Gasteiger charge is -2.17. The summed E-state index contributed by atoms with van der Waals surface area (Å²) in [6.45, 7) is 6.09. The molecular weight excluding hydrogens is 350 g/mol. The smallest absolute Gasteiger partial charge is 0.138 e. The Labute approximate surface area is 139 Å². The number of hydrogen-bond acceptors (Lipinski definition) is 2. The van der Waals surface area contributed by atoms with Crippen LogP contribution in [0.1, 0.15) is 32.4 Å². The summed E-state index contributed by atoms with van der Waals surface area (Å²) < 4.78 is 6.72. The molecule has 0 bridgehead atoms. The fraction of sp³-hybridized carbons (Fsp3) is 0.294. The van der Waals surface area contributed by atoms with Gasteiger partial charge in [0.05, 0.1) is 11.1 Å². The van der Waals surface area contributed by atoms with Gasteiger partial charge in [-0.2, -0.15) is 0 Å². The van der Waals surface area contributed by atoms with Crippen molar-refractivity contribution >= 4 is 33.2 Å². The first-order valence-electron chi connectivity index (χ1n) is 6.94. The van der Waals surface area contributed by atoms with Gasteiger partial charge in [-0.15, -0.1) is 0 Å². The van der Waals surface area contributed by atoms with E-state index in [2.05, 4.69) is 40.3 Å². The molecule has 0 fully saturated rings. The maximum absolute atomic E-state index is 6.25. The van der Waals surface area contributed by atoms with E-state index in [1.807, 2.05) is 44.2 Å². The fourth-order valence-electron chi connectivity index (χ4n) is 2.02. The van der Waals surface area contributed by atoms with Crippen molar-refractivity contribution in [3.05, 3.63) is 57.5 Å². The number of benzene rings is 2. The highest BCUT2D eigenvalue weighted by Crippen LogP contribution is 2.30. The van der Waals surface area contributed by atoms with Gasteiger partial charge in [0.15, 0.2) is 0 Å². The van der Waals surface area contributed by atoms with Gasteiger partial charge >= 0.3 is 0 Å². The monoisotopic (exact) mass is 367 g/mol. The molecule has 1 N–H and O–H groups in total. The third kappa shape index (κ3) is 4.65. The van der Waals surface area contributed by atoms with E-state index in [1.54, 1.807) is 0 Å². The molecule has 0 aromatic heterocycles.